The summed E-state index contributed by atoms with van der Waals surface area (Å²) < 4.78 is 17.3. The van der Waals surface area contributed by atoms with Crippen molar-refractivity contribution >= 4 is 43.9 Å². The van der Waals surface area contributed by atoms with Gasteiger partial charge in [-0.1, -0.05) is 102 Å². The van der Waals surface area contributed by atoms with E-state index >= 15 is 0 Å². The van der Waals surface area contributed by atoms with Gasteiger partial charge in [0.2, 0.25) is 0 Å². The van der Waals surface area contributed by atoms with Crippen LogP contribution in [0.4, 0.5) is 0 Å². The molecule has 0 N–H and O–H groups in total. The zero-order chi connectivity index (χ0) is 35.7. The maximum absolute atomic E-state index is 6.51. The quantitative estimate of drug-likeness (QED) is 0.161. The number of para-hydroxylation sites is 4. The molecule has 6 nitrogen and oxygen atoms in total. The summed E-state index contributed by atoms with van der Waals surface area (Å²) in [6, 6.07) is 33.9. The van der Waals surface area contributed by atoms with Crippen LogP contribution in [0.25, 0.3) is 55.3 Å². The summed E-state index contributed by atoms with van der Waals surface area (Å²) in [5.74, 6) is 0. The average Bonchev–Trinajstić information content (AvgIpc) is 3.88. The van der Waals surface area contributed by atoms with Crippen LogP contribution in [0.15, 0.2) is 106 Å². The Morgan fingerprint density at radius 2 is 0.882 bits per heavy atom. The summed E-state index contributed by atoms with van der Waals surface area (Å²) in [5, 5.41) is 15.3. The lowest BCUT2D eigenvalue weighted by molar-refractivity contribution is 0.374. The molecule has 4 heterocycles. The van der Waals surface area contributed by atoms with E-state index in [4.69, 9.17) is 19.0 Å². The molecule has 0 spiro atoms. The van der Waals surface area contributed by atoms with E-state index in [9.17, 15) is 0 Å². The van der Waals surface area contributed by atoms with E-state index in [0.29, 0.717) is 0 Å². The lowest BCUT2D eigenvalue weighted by atomic mass is 9.84. The van der Waals surface area contributed by atoms with Crippen LogP contribution in [0.5, 0.6) is 0 Å². The number of aromatic nitrogens is 4. The zero-order valence-corrected chi connectivity index (χ0v) is 31.2. The van der Waals surface area contributed by atoms with Gasteiger partial charge in [-0.25, -0.2) is 9.36 Å². The Morgan fingerprint density at radius 1 is 0.490 bits per heavy atom. The summed E-state index contributed by atoms with van der Waals surface area (Å²) in [6.07, 6.45) is 3.84. The highest BCUT2D eigenvalue weighted by Crippen LogP contribution is 2.39. The van der Waals surface area contributed by atoms with Crippen molar-refractivity contribution in [2.75, 3.05) is 0 Å². The highest BCUT2D eigenvalue weighted by molar-refractivity contribution is 6.08. The molecule has 0 fully saturated rings. The second-order valence-electron chi connectivity index (χ2n) is 17.1. The van der Waals surface area contributed by atoms with Crippen LogP contribution < -0.4 is 0 Å². The van der Waals surface area contributed by atoms with Crippen molar-refractivity contribution in [1.82, 2.24) is 19.6 Å². The van der Waals surface area contributed by atoms with Crippen molar-refractivity contribution in [3.8, 4) is 11.4 Å². The molecule has 6 heteroatoms. The Balaban J connectivity index is 1.28. The Labute approximate surface area is 300 Å². The Kier molecular flexibility index (Phi) is 7.78. The lowest BCUT2D eigenvalue weighted by Gasteiger charge is -2.19. The molecule has 0 saturated heterocycles. The minimum absolute atomic E-state index is 0.175. The SMILES string of the molecule is CC(C)(C)CCc1cc(C(C)(C)c2cc(CCC(C)(C)C)n(-c3cccc4c3oc3ccccc34)n2)nn1-c1cccc2c1oc1ccccc12. The number of aryl methyl sites for hydroxylation is 2. The molecule has 260 valence electrons. The molecule has 0 saturated carbocycles. The van der Waals surface area contributed by atoms with E-state index < -0.39 is 5.41 Å². The van der Waals surface area contributed by atoms with Crippen molar-refractivity contribution < 1.29 is 8.83 Å². The first kappa shape index (κ1) is 33.1. The fraction of sp³-hybridized carbons (Fsp3) is 0.333. The van der Waals surface area contributed by atoms with E-state index in [-0.39, 0.29) is 10.8 Å². The molecule has 4 aromatic heterocycles. The van der Waals surface area contributed by atoms with Crippen LogP contribution >= 0.6 is 0 Å². The maximum Gasteiger partial charge on any atom is 0.161 e. The predicted octanol–water partition coefficient (Wildman–Crippen LogP) is 12.1. The number of furan rings is 2. The van der Waals surface area contributed by atoms with Crippen LogP contribution in [-0.4, -0.2) is 19.6 Å². The van der Waals surface area contributed by atoms with Crippen LogP contribution in [-0.2, 0) is 18.3 Å². The second-order valence-corrected chi connectivity index (χ2v) is 17.1. The molecule has 0 bridgehead atoms. The average molecular weight is 677 g/mol. The van der Waals surface area contributed by atoms with Gasteiger partial charge in [-0.15, -0.1) is 0 Å². The van der Waals surface area contributed by atoms with E-state index in [2.05, 4.69) is 138 Å². The maximum atomic E-state index is 6.51. The fourth-order valence-corrected chi connectivity index (χ4v) is 7.16. The number of fused-ring (bicyclic) bond motifs is 6. The molecule has 0 atom stereocenters. The minimum atomic E-state index is -0.493. The first-order valence-corrected chi connectivity index (χ1v) is 18.3. The number of benzene rings is 4. The largest absolute Gasteiger partial charge is 0.454 e. The highest BCUT2D eigenvalue weighted by atomic mass is 16.3. The van der Waals surface area contributed by atoms with Gasteiger partial charge in [0.1, 0.15) is 22.5 Å². The summed E-state index contributed by atoms with van der Waals surface area (Å²) >= 11 is 0. The van der Waals surface area contributed by atoms with Gasteiger partial charge in [-0.05, 0) is 86.8 Å². The van der Waals surface area contributed by atoms with Gasteiger partial charge in [0.05, 0.1) is 16.8 Å². The summed E-state index contributed by atoms with van der Waals surface area (Å²) in [7, 11) is 0. The van der Waals surface area contributed by atoms with Crippen molar-refractivity contribution in [3.63, 3.8) is 0 Å². The van der Waals surface area contributed by atoms with Gasteiger partial charge in [0, 0.05) is 32.9 Å². The van der Waals surface area contributed by atoms with Crippen LogP contribution in [0, 0.1) is 10.8 Å². The molecule has 0 amide bonds. The molecule has 0 aliphatic rings. The Hall–Kier alpha value is -5.10. The smallest absolute Gasteiger partial charge is 0.161 e. The van der Waals surface area contributed by atoms with Gasteiger partial charge >= 0.3 is 0 Å². The van der Waals surface area contributed by atoms with Gasteiger partial charge in [-0.3, -0.25) is 0 Å². The van der Waals surface area contributed by atoms with E-state index in [1.807, 2.05) is 24.3 Å². The van der Waals surface area contributed by atoms with Crippen molar-refractivity contribution in [1.29, 1.82) is 0 Å². The van der Waals surface area contributed by atoms with Crippen LogP contribution in [0.2, 0.25) is 0 Å². The second kappa shape index (κ2) is 12.0. The summed E-state index contributed by atoms with van der Waals surface area (Å²) in [6.45, 7) is 18.3. The summed E-state index contributed by atoms with van der Waals surface area (Å²) in [4.78, 5) is 0. The van der Waals surface area contributed by atoms with E-state index in [1.54, 1.807) is 0 Å². The topological polar surface area (TPSA) is 61.9 Å². The number of nitrogens with zero attached hydrogens (tertiary/aromatic N) is 4. The third-order valence-corrected chi connectivity index (χ3v) is 10.3. The third kappa shape index (κ3) is 6.05. The Morgan fingerprint density at radius 3 is 1.29 bits per heavy atom. The van der Waals surface area contributed by atoms with Gasteiger partial charge in [-0.2, -0.15) is 10.2 Å². The Bertz CT molecular complexity index is 2360. The summed E-state index contributed by atoms with van der Waals surface area (Å²) in [5.41, 5.74) is 9.56. The zero-order valence-electron chi connectivity index (χ0n) is 31.2. The molecule has 8 rings (SSSR count). The highest BCUT2D eigenvalue weighted by Gasteiger charge is 2.33. The minimum Gasteiger partial charge on any atom is -0.454 e. The molecule has 0 aliphatic heterocycles. The van der Waals surface area contributed by atoms with Gasteiger partial charge in [0.25, 0.3) is 0 Å². The normalized spacial score (nSPS) is 13.0. The molecule has 0 radical (unpaired) electrons. The van der Waals surface area contributed by atoms with Gasteiger partial charge < -0.3 is 8.83 Å². The molecule has 51 heavy (non-hydrogen) atoms. The monoisotopic (exact) mass is 676 g/mol. The number of hydrogen-bond acceptors (Lipinski definition) is 4. The molecular formula is C45H48N4O2. The molecule has 4 aromatic carbocycles. The number of rotatable bonds is 8. The molecule has 0 unspecified atom stereocenters. The number of hydrogen-bond donors (Lipinski definition) is 0. The van der Waals surface area contributed by atoms with Crippen LogP contribution in [0.1, 0.15) is 91.0 Å². The van der Waals surface area contributed by atoms with Crippen molar-refractivity contribution in [2.24, 2.45) is 10.8 Å². The molecule has 8 aromatic rings. The van der Waals surface area contributed by atoms with E-state index in [1.165, 1.54) is 11.4 Å². The van der Waals surface area contributed by atoms with E-state index in [0.717, 1.165) is 92.3 Å². The predicted molar refractivity (Wildman–Crippen MR) is 209 cm³/mol. The fourth-order valence-electron chi connectivity index (χ4n) is 7.16. The lowest BCUT2D eigenvalue weighted by Crippen LogP contribution is -2.21. The third-order valence-electron chi connectivity index (χ3n) is 10.3. The van der Waals surface area contributed by atoms with Crippen molar-refractivity contribution in [2.45, 2.75) is 86.5 Å². The molecule has 0 aliphatic carbocycles. The van der Waals surface area contributed by atoms with Crippen molar-refractivity contribution in [3.05, 3.63) is 120 Å². The standard InChI is InChI=1S/C45H48N4O2/c1-43(2,3)25-23-29-27-39(46-48(29)35-19-13-17-33-31-15-9-11-21-37(31)50-41(33)35)45(7,8)40-28-30(24-26-44(4,5)6)49(47-40)36-20-14-18-34-32-16-10-12-22-38(32)51-42(34)36/h9-22,27-28H,23-26H2,1-8H3. The molecular weight excluding hydrogens is 629 g/mol. The van der Waals surface area contributed by atoms with Gasteiger partial charge in [0.15, 0.2) is 11.2 Å². The van der Waals surface area contributed by atoms with Crippen LogP contribution in [0.3, 0.4) is 0 Å². The first-order valence-electron chi connectivity index (χ1n) is 18.3. The first-order chi connectivity index (χ1) is 24.3.